The van der Waals surface area contributed by atoms with Crippen LogP contribution in [0.25, 0.3) is 0 Å². The molecule has 0 saturated heterocycles. The molecule has 104 valence electrons. The van der Waals surface area contributed by atoms with Crippen LogP contribution in [-0.2, 0) is 5.41 Å². The average molecular weight is 260 g/mol. The third-order valence-electron chi connectivity index (χ3n) is 3.51. The molecule has 0 aliphatic carbocycles. The molecule has 0 aliphatic rings. The Labute approximate surface area is 117 Å². The van der Waals surface area contributed by atoms with Crippen LogP contribution < -0.4 is 9.47 Å². The van der Waals surface area contributed by atoms with E-state index in [9.17, 15) is 0 Å². The van der Waals surface area contributed by atoms with E-state index in [2.05, 4.69) is 31.9 Å². The standard InChI is InChI=1S/C17H24O2/c1-6-7-8-9-10-17(2,3)14-11-15(18-4)13-16(12-14)19-5/h1,11-13H,7-10H2,2-5H3. The lowest BCUT2D eigenvalue weighted by Crippen LogP contribution is -2.17. The second kappa shape index (κ2) is 7.09. The number of rotatable bonds is 7. The quantitative estimate of drug-likeness (QED) is 0.541. The second-order valence-electron chi connectivity index (χ2n) is 5.40. The Morgan fingerprint density at radius 1 is 1.05 bits per heavy atom. The Balaban J connectivity index is 2.84. The Morgan fingerprint density at radius 2 is 1.63 bits per heavy atom. The number of hydrogen-bond donors (Lipinski definition) is 0. The predicted molar refractivity (Wildman–Crippen MR) is 79.9 cm³/mol. The predicted octanol–water partition coefficient (Wildman–Crippen LogP) is 4.18. The normalized spacial score (nSPS) is 10.9. The van der Waals surface area contributed by atoms with Crippen molar-refractivity contribution in [2.75, 3.05) is 14.2 Å². The average Bonchev–Trinajstić information content (AvgIpc) is 2.43. The van der Waals surface area contributed by atoms with Crippen molar-refractivity contribution in [2.24, 2.45) is 0 Å². The van der Waals surface area contributed by atoms with Gasteiger partial charge in [-0.1, -0.05) is 20.3 Å². The van der Waals surface area contributed by atoms with Crippen molar-refractivity contribution in [1.29, 1.82) is 0 Å². The molecule has 0 atom stereocenters. The molecule has 0 aliphatic heterocycles. The van der Waals surface area contributed by atoms with Crippen LogP contribution in [0.5, 0.6) is 11.5 Å². The van der Waals surface area contributed by atoms with Crippen LogP contribution in [0.15, 0.2) is 18.2 Å². The van der Waals surface area contributed by atoms with Gasteiger partial charge in [0.25, 0.3) is 0 Å². The van der Waals surface area contributed by atoms with Crippen LogP contribution in [0.2, 0.25) is 0 Å². The lowest BCUT2D eigenvalue weighted by molar-refractivity contribution is 0.386. The zero-order valence-corrected chi connectivity index (χ0v) is 12.5. The summed E-state index contributed by atoms with van der Waals surface area (Å²) in [6.45, 7) is 4.49. The van der Waals surface area contributed by atoms with E-state index >= 15 is 0 Å². The molecule has 0 heterocycles. The Bertz CT molecular complexity index is 419. The first-order chi connectivity index (χ1) is 9.03. The summed E-state index contributed by atoms with van der Waals surface area (Å²) in [5, 5.41) is 0. The molecule has 1 aromatic carbocycles. The zero-order chi connectivity index (χ0) is 14.3. The minimum atomic E-state index is 0.0937. The van der Waals surface area contributed by atoms with Crippen LogP contribution in [0.4, 0.5) is 0 Å². The molecule has 19 heavy (non-hydrogen) atoms. The molecule has 2 nitrogen and oxygen atoms in total. The first kappa shape index (κ1) is 15.4. The van der Waals surface area contributed by atoms with E-state index in [1.165, 1.54) is 5.56 Å². The number of ether oxygens (including phenoxy) is 2. The van der Waals surface area contributed by atoms with Crippen LogP contribution in [-0.4, -0.2) is 14.2 Å². The SMILES string of the molecule is C#CCCCCC(C)(C)c1cc(OC)cc(OC)c1. The summed E-state index contributed by atoms with van der Waals surface area (Å²) in [6, 6.07) is 6.07. The molecule has 2 heteroatoms. The number of unbranched alkanes of at least 4 members (excludes halogenated alkanes) is 2. The third kappa shape index (κ3) is 4.52. The van der Waals surface area contributed by atoms with Crippen molar-refractivity contribution in [3.63, 3.8) is 0 Å². The van der Waals surface area contributed by atoms with Gasteiger partial charge in [0.2, 0.25) is 0 Å². The Hall–Kier alpha value is -1.62. The molecule has 0 amide bonds. The summed E-state index contributed by atoms with van der Waals surface area (Å²) in [4.78, 5) is 0. The topological polar surface area (TPSA) is 18.5 Å². The highest BCUT2D eigenvalue weighted by Crippen LogP contribution is 2.34. The highest BCUT2D eigenvalue weighted by molar-refractivity contribution is 5.41. The highest BCUT2D eigenvalue weighted by atomic mass is 16.5. The van der Waals surface area contributed by atoms with Gasteiger partial charge in [0.1, 0.15) is 11.5 Å². The summed E-state index contributed by atoms with van der Waals surface area (Å²) in [5.74, 6) is 4.37. The summed E-state index contributed by atoms with van der Waals surface area (Å²) in [7, 11) is 3.36. The van der Waals surface area contributed by atoms with Crippen LogP contribution >= 0.6 is 0 Å². The van der Waals surface area contributed by atoms with Gasteiger partial charge in [0.05, 0.1) is 14.2 Å². The number of terminal acetylenes is 1. The Kier molecular flexibility index (Phi) is 5.76. The van der Waals surface area contributed by atoms with Gasteiger partial charge in [-0.15, -0.1) is 12.3 Å². The van der Waals surface area contributed by atoms with Crippen molar-refractivity contribution in [3.05, 3.63) is 23.8 Å². The fourth-order valence-corrected chi connectivity index (χ4v) is 2.14. The van der Waals surface area contributed by atoms with Crippen LogP contribution in [0.1, 0.15) is 45.1 Å². The maximum atomic E-state index is 5.33. The smallest absolute Gasteiger partial charge is 0.122 e. The molecule has 0 fully saturated rings. The largest absolute Gasteiger partial charge is 0.497 e. The van der Waals surface area contributed by atoms with Crippen molar-refractivity contribution in [2.45, 2.75) is 44.9 Å². The fraction of sp³-hybridized carbons (Fsp3) is 0.529. The van der Waals surface area contributed by atoms with Crippen LogP contribution in [0.3, 0.4) is 0 Å². The minimum absolute atomic E-state index is 0.0937. The van der Waals surface area contributed by atoms with Crippen molar-refractivity contribution in [1.82, 2.24) is 0 Å². The monoisotopic (exact) mass is 260 g/mol. The van der Waals surface area contributed by atoms with Crippen molar-refractivity contribution >= 4 is 0 Å². The lowest BCUT2D eigenvalue weighted by Gasteiger charge is -2.26. The Morgan fingerprint density at radius 3 is 2.11 bits per heavy atom. The molecule has 0 aromatic heterocycles. The van der Waals surface area contributed by atoms with E-state index in [1.807, 2.05) is 6.07 Å². The minimum Gasteiger partial charge on any atom is -0.497 e. The summed E-state index contributed by atoms with van der Waals surface area (Å²) >= 11 is 0. The summed E-state index contributed by atoms with van der Waals surface area (Å²) in [5.41, 5.74) is 1.33. The molecular formula is C17H24O2. The van der Waals surface area contributed by atoms with E-state index in [0.717, 1.165) is 37.2 Å². The number of methoxy groups -OCH3 is 2. The van der Waals surface area contributed by atoms with Gasteiger partial charge < -0.3 is 9.47 Å². The van der Waals surface area contributed by atoms with E-state index < -0.39 is 0 Å². The van der Waals surface area contributed by atoms with Crippen LogP contribution in [0, 0.1) is 12.3 Å². The van der Waals surface area contributed by atoms with E-state index in [0.29, 0.717) is 0 Å². The van der Waals surface area contributed by atoms with Crippen molar-refractivity contribution < 1.29 is 9.47 Å². The fourth-order valence-electron chi connectivity index (χ4n) is 2.14. The molecule has 1 rings (SSSR count). The molecule has 1 aromatic rings. The summed E-state index contributed by atoms with van der Waals surface area (Å²) in [6.07, 6.45) is 9.46. The van der Waals surface area contributed by atoms with Gasteiger partial charge in [0, 0.05) is 12.5 Å². The first-order valence-corrected chi connectivity index (χ1v) is 6.70. The van der Waals surface area contributed by atoms with E-state index in [4.69, 9.17) is 15.9 Å². The van der Waals surface area contributed by atoms with Gasteiger partial charge in [0.15, 0.2) is 0 Å². The van der Waals surface area contributed by atoms with Gasteiger partial charge in [-0.25, -0.2) is 0 Å². The lowest BCUT2D eigenvalue weighted by atomic mass is 9.80. The molecule has 0 N–H and O–H groups in total. The maximum Gasteiger partial charge on any atom is 0.122 e. The second-order valence-corrected chi connectivity index (χ2v) is 5.40. The van der Waals surface area contributed by atoms with Gasteiger partial charge >= 0.3 is 0 Å². The highest BCUT2D eigenvalue weighted by Gasteiger charge is 2.21. The molecule has 0 spiro atoms. The zero-order valence-electron chi connectivity index (χ0n) is 12.5. The molecular weight excluding hydrogens is 236 g/mol. The van der Waals surface area contributed by atoms with Gasteiger partial charge in [-0.05, 0) is 36.0 Å². The number of benzene rings is 1. The van der Waals surface area contributed by atoms with Crippen molar-refractivity contribution in [3.8, 4) is 23.8 Å². The van der Waals surface area contributed by atoms with Gasteiger partial charge in [-0.2, -0.15) is 0 Å². The van der Waals surface area contributed by atoms with E-state index in [1.54, 1.807) is 14.2 Å². The molecule has 0 saturated carbocycles. The molecule has 0 bridgehead atoms. The van der Waals surface area contributed by atoms with E-state index in [-0.39, 0.29) is 5.41 Å². The third-order valence-corrected chi connectivity index (χ3v) is 3.51. The summed E-state index contributed by atoms with van der Waals surface area (Å²) < 4.78 is 10.7. The molecule has 0 unspecified atom stereocenters. The number of hydrogen-bond acceptors (Lipinski definition) is 2. The first-order valence-electron chi connectivity index (χ1n) is 6.70. The van der Waals surface area contributed by atoms with Gasteiger partial charge in [-0.3, -0.25) is 0 Å². The molecule has 0 radical (unpaired) electrons. The maximum absolute atomic E-state index is 5.33.